The number of Topliss-reactive ketones (excluding diaryl/α,β-unsaturated/α-hetero) is 1. The number of aryl methyl sites for hydroxylation is 1. The quantitative estimate of drug-likeness (QED) is 0.277. The highest BCUT2D eigenvalue weighted by atomic mass is 16.6. The van der Waals surface area contributed by atoms with Gasteiger partial charge in [0.25, 0.3) is 0 Å². The number of carbonyl (C=O) groups is 2. The molecule has 2 atom stereocenters. The Balaban J connectivity index is 1.61. The number of ether oxygens (including phenoxy) is 4. The van der Waals surface area contributed by atoms with Crippen LogP contribution >= 0.6 is 0 Å². The van der Waals surface area contributed by atoms with Crippen LogP contribution in [0.5, 0.6) is 11.5 Å². The van der Waals surface area contributed by atoms with Gasteiger partial charge < -0.3 is 28.7 Å². The zero-order valence-corrected chi connectivity index (χ0v) is 24.5. The van der Waals surface area contributed by atoms with Crippen LogP contribution in [0.4, 0.5) is 0 Å². The summed E-state index contributed by atoms with van der Waals surface area (Å²) in [5.41, 5.74) is 3.96. The van der Waals surface area contributed by atoms with E-state index >= 15 is 0 Å². The number of esters is 1. The highest BCUT2D eigenvalue weighted by Crippen LogP contribution is 2.46. The lowest BCUT2D eigenvalue weighted by molar-refractivity contribution is -0.140. The van der Waals surface area contributed by atoms with Gasteiger partial charge in [-0.2, -0.15) is 0 Å². The van der Waals surface area contributed by atoms with Gasteiger partial charge in [0.1, 0.15) is 12.2 Å². The number of benzene rings is 2. The van der Waals surface area contributed by atoms with Gasteiger partial charge in [0, 0.05) is 36.1 Å². The predicted octanol–water partition coefficient (Wildman–Crippen LogP) is 5.06. The van der Waals surface area contributed by atoms with Gasteiger partial charge in [0.15, 0.2) is 22.7 Å². The first-order valence-electron chi connectivity index (χ1n) is 14.0. The first-order valence-corrected chi connectivity index (χ1v) is 14.0. The summed E-state index contributed by atoms with van der Waals surface area (Å²) >= 11 is 0. The lowest BCUT2D eigenvalue weighted by Crippen LogP contribution is -2.37. The number of fused-ring (bicyclic) bond motifs is 1. The largest absolute Gasteiger partial charge is 0.493 e. The van der Waals surface area contributed by atoms with Crippen molar-refractivity contribution >= 4 is 22.7 Å². The molecule has 2 aromatic carbocycles. The molecule has 3 aromatic rings. The van der Waals surface area contributed by atoms with E-state index < -0.39 is 11.9 Å². The lowest BCUT2D eigenvalue weighted by atomic mass is 9.72. The first kappa shape index (κ1) is 29.1. The Hall–Kier alpha value is -4.37. The molecule has 2 aliphatic rings. The third-order valence-corrected chi connectivity index (χ3v) is 7.79. The number of dihydropyridines is 1. The Morgan fingerprint density at radius 3 is 2.57 bits per heavy atom. The van der Waals surface area contributed by atoms with Gasteiger partial charge in [-0.3, -0.25) is 9.59 Å². The van der Waals surface area contributed by atoms with E-state index in [0.717, 1.165) is 11.1 Å². The van der Waals surface area contributed by atoms with Gasteiger partial charge >= 0.3 is 5.97 Å². The van der Waals surface area contributed by atoms with Crippen molar-refractivity contribution < 1.29 is 33.0 Å². The molecule has 220 valence electrons. The fourth-order valence-electron chi connectivity index (χ4n) is 5.82. The Morgan fingerprint density at radius 1 is 1.02 bits per heavy atom. The van der Waals surface area contributed by atoms with E-state index in [-0.39, 0.29) is 47.9 Å². The van der Waals surface area contributed by atoms with E-state index in [2.05, 4.69) is 5.32 Å². The summed E-state index contributed by atoms with van der Waals surface area (Å²) < 4.78 is 27.6. The molecule has 2 heterocycles. The molecule has 1 aromatic heterocycles. The van der Waals surface area contributed by atoms with E-state index in [1.54, 1.807) is 26.2 Å². The topological polar surface area (TPSA) is 113 Å². The van der Waals surface area contributed by atoms with Crippen LogP contribution in [0.3, 0.4) is 0 Å². The van der Waals surface area contributed by atoms with Crippen LogP contribution in [0.25, 0.3) is 11.0 Å². The zero-order chi connectivity index (χ0) is 30.0. The third-order valence-electron chi connectivity index (χ3n) is 7.79. The maximum atomic E-state index is 14.0. The summed E-state index contributed by atoms with van der Waals surface area (Å²) in [5, 5.41) is 3.70. The van der Waals surface area contributed by atoms with Crippen molar-refractivity contribution in [2.75, 3.05) is 34.0 Å². The van der Waals surface area contributed by atoms with Crippen LogP contribution in [-0.4, -0.2) is 45.8 Å². The van der Waals surface area contributed by atoms with Crippen LogP contribution < -0.4 is 20.2 Å². The molecule has 1 aliphatic heterocycles. The second-order valence-corrected chi connectivity index (χ2v) is 10.5. The molecular formula is C33H35NO8. The highest BCUT2D eigenvalue weighted by molar-refractivity contribution is 6.04. The Kier molecular flexibility index (Phi) is 8.49. The fourth-order valence-corrected chi connectivity index (χ4v) is 5.82. The smallest absolute Gasteiger partial charge is 0.336 e. The lowest BCUT2D eigenvalue weighted by Gasteiger charge is -2.36. The van der Waals surface area contributed by atoms with Crippen molar-refractivity contribution in [3.63, 3.8) is 0 Å². The number of nitrogens with one attached hydrogen (secondary N) is 1. The molecule has 0 saturated carbocycles. The predicted molar refractivity (Wildman–Crippen MR) is 157 cm³/mol. The normalized spacial score (nSPS) is 18.5. The number of hydrogen-bond donors (Lipinski definition) is 1. The van der Waals surface area contributed by atoms with E-state index in [0.29, 0.717) is 52.5 Å². The minimum Gasteiger partial charge on any atom is -0.493 e. The second-order valence-electron chi connectivity index (χ2n) is 10.5. The highest BCUT2D eigenvalue weighted by Gasteiger charge is 2.43. The van der Waals surface area contributed by atoms with E-state index in [9.17, 15) is 14.4 Å². The van der Waals surface area contributed by atoms with E-state index in [1.165, 1.54) is 13.4 Å². The number of hydrogen-bond acceptors (Lipinski definition) is 9. The van der Waals surface area contributed by atoms with Crippen molar-refractivity contribution in [2.24, 2.45) is 0 Å². The Morgan fingerprint density at radius 2 is 1.83 bits per heavy atom. The SMILES string of the molecule is CCOc1ccc([C@@H]2CC(=O)C3=C(C2)NC(C)=C(C(=O)OCCOC)[C@H]3c2coc3ccc(C)cc3c2=O)cc1OC. The maximum absolute atomic E-state index is 14.0. The van der Waals surface area contributed by atoms with Crippen LogP contribution in [-0.2, 0) is 19.1 Å². The summed E-state index contributed by atoms with van der Waals surface area (Å²) in [6, 6.07) is 11.1. The van der Waals surface area contributed by atoms with Crippen LogP contribution in [0.2, 0.25) is 0 Å². The van der Waals surface area contributed by atoms with Gasteiger partial charge in [-0.25, -0.2) is 4.79 Å². The van der Waals surface area contributed by atoms with Crippen LogP contribution in [0.15, 0.2) is 74.4 Å². The van der Waals surface area contributed by atoms with Crippen LogP contribution in [0.1, 0.15) is 55.2 Å². The summed E-state index contributed by atoms with van der Waals surface area (Å²) in [4.78, 5) is 41.4. The molecule has 0 unspecified atom stereocenters. The first-order chi connectivity index (χ1) is 20.3. The third kappa shape index (κ3) is 5.44. The van der Waals surface area contributed by atoms with Crippen LogP contribution in [0, 0.1) is 6.92 Å². The average Bonchev–Trinajstić information content (AvgIpc) is 2.97. The second kappa shape index (κ2) is 12.2. The molecule has 0 fully saturated rings. The maximum Gasteiger partial charge on any atom is 0.336 e. The molecule has 0 bridgehead atoms. The summed E-state index contributed by atoms with van der Waals surface area (Å²) in [7, 11) is 3.10. The molecule has 1 N–H and O–H groups in total. The minimum absolute atomic E-state index is 0.0336. The Bertz CT molecular complexity index is 1660. The van der Waals surface area contributed by atoms with Gasteiger partial charge in [0.05, 0.1) is 43.5 Å². The standard InChI is InChI=1S/C33H35NO8/c1-6-40-27-10-8-20(16-28(27)39-5)21-14-24-31(25(35)15-21)30(29(19(3)34-24)33(37)41-12-11-38-4)23-17-42-26-9-7-18(2)13-22(26)32(23)36/h7-10,13,16-17,21,30,34H,6,11-12,14-15H2,1-5H3/t21-,30+/m0/s1. The average molecular weight is 574 g/mol. The molecule has 5 rings (SSSR count). The van der Waals surface area contributed by atoms with Crippen molar-refractivity contribution in [1.82, 2.24) is 5.32 Å². The van der Waals surface area contributed by atoms with Gasteiger partial charge in [-0.15, -0.1) is 0 Å². The number of allylic oxidation sites excluding steroid dienone is 3. The molecule has 0 amide bonds. The van der Waals surface area contributed by atoms with Crippen molar-refractivity contribution in [3.05, 3.63) is 92.1 Å². The number of rotatable bonds is 9. The van der Waals surface area contributed by atoms with Crippen molar-refractivity contribution in [1.29, 1.82) is 0 Å². The van der Waals surface area contributed by atoms with Gasteiger partial charge in [0.2, 0.25) is 0 Å². The fraction of sp³-hybridized carbons (Fsp3) is 0.364. The number of methoxy groups -OCH3 is 2. The van der Waals surface area contributed by atoms with Gasteiger partial charge in [-0.1, -0.05) is 17.7 Å². The molecule has 42 heavy (non-hydrogen) atoms. The minimum atomic E-state index is -0.944. The van der Waals surface area contributed by atoms with Crippen molar-refractivity contribution in [2.45, 2.75) is 45.4 Å². The summed E-state index contributed by atoms with van der Waals surface area (Å²) in [6.07, 6.45) is 2.06. The molecule has 1 aliphatic carbocycles. The summed E-state index contributed by atoms with van der Waals surface area (Å²) in [6.45, 7) is 6.30. The molecule has 9 heteroatoms. The zero-order valence-electron chi connectivity index (χ0n) is 24.5. The molecule has 0 saturated heterocycles. The van der Waals surface area contributed by atoms with E-state index in [1.807, 2.05) is 38.1 Å². The van der Waals surface area contributed by atoms with E-state index in [4.69, 9.17) is 23.4 Å². The molecular weight excluding hydrogens is 538 g/mol. The number of carbonyl (C=O) groups excluding carboxylic acids is 2. The van der Waals surface area contributed by atoms with Gasteiger partial charge in [-0.05, 0) is 62.9 Å². The monoisotopic (exact) mass is 573 g/mol. The van der Waals surface area contributed by atoms with Crippen molar-refractivity contribution in [3.8, 4) is 11.5 Å². The summed E-state index contributed by atoms with van der Waals surface area (Å²) in [5.74, 6) is -0.644. The Labute approximate surface area is 244 Å². The number of ketones is 1. The molecule has 0 radical (unpaired) electrons. The molecule has 0 spiro atoms. The molecule has 9 nitrogen and oxygen atoms in total.